The normalized spacial score (nSPS) is 13.7. The summed E-state index contributed by atoms with van der Waals surface area (Å²) < 4.78 is 16.9. The molecular weight excluding hydrogens is 582 g/mol. The van der Waals surface area contributed by atoms with Crippen LogP contribution >= 0.6 is 0 Å². The number of carboxylic acids is 1. The maximum atomic E-state index is 12.6. The van der Waals surface area contributed by atoms with E-state index in [0.29, 0.717) is 0 Å². The molecule has 0 rings (SSSR count). The molecule has 8 heteroatoms. The van der Waals surface area contributed by atoms with Crippen LogP contribution in [-0.4, -0.2) is 75.5 Å². The molecule has 0 aliphatic carbocycles. The second kappa shape index (κ2) is 29.7. The van der Waals surface area contributed by atoms with Gasteiger partial charge in [-0.25, -0.2) is 0 Å². The van der Waals surface area contributed by atoms with Gasteiger partial charge in [0, 0.05) is 12.8 Å². The highest BCUT2D eigenvalue weighted by molar-refractivity contribution is 5.71. The molecule has 0 saturated carbocycles. The van der Waals surface area contributed by atoms with E-state index in [2.05, 4.69) is 44.2 Å². The van der Waals surface area contributed by atoms with Crippen molar-refractivity contribution in [2.45, 2.75) is 135 Å². The SMILES string of the molecule is CC/C=C/C/C=C/C/C=C/CC(=O)OCC(COCCC(C(=O)[O-])[N+](C)(C)C)OC(=O)CCCCC/C=C/CCCCCCCC. The maximum Gasteiger partial charge on any atom is 0.309 e. The van der Waals surface area contributed by atoms with Gasteiger partial charge in [0.15, 0.2) is 6.10 Å². The van der Waals surface area contributed by atoms with Gasteiger partial charge in [-0.05, 0) is 51.4 Å². The lowest BCUT2D eigenvalue weighted by atomic mass is 10.1. The van der Waals surface area contributed by atoms with Gasteiger partial charge in [0.25, 0.3) is 0 Å². The second-order valence-corrected chi connectivity index (χ2v) is 12.7. The number of aliphatic carboxylic acids is 1. The van der Waals surface area contributed by atoms with E-state index in [1.54, 1.807) is 27.2 Å². The summed E-state index contributed by atoms with van der Waals surface area (Å²) in [5.74, 6) is -1.92. The zero-order chi connectivity index (χ0) is 34.3. The molecule has 0 bridgehead atoms. The first-order valence-corrected chi connectivity index (χ1v) is 17.7. The Hall–Kier alpha value is -2.71. The summed E-state index contributed by atoms with van der Waals surface area (Å²) in [6.07, 6.45) is 31.8. The van der Waals surface area contributed by atoms with E-state index < -0.39 is 24.1 Å². The van der Waals surface area contributed by atoms with Crippen molar-refractivity contribution in [1.82, 2.24) is 0 Å². The van der Waals surface area contributed by atoms with E-state index in [0.717, 1.165) is 51.4 Å². The van der Waals surface area contributed by atoms with Crippen LogP contribution in [-0.2, 0) is 28.6 Å². The number of allylic oxidation sites excluding steroid dienone is 7. The van der Waals surface area contributed by atoms with Crippen LogP contribution in [0.3, 0.4) is 0 Å². The monoisotopic (exact) mass is 647 g/mol. The number of rotatable bonds is 30. The summed E-state index contributed by atoms with van der Waals surface area (Å²) >= 11 is 0. The molecule has 0 aromatic rings. The van der Waals surface area contributed by atoms with Crippen LogP contribution in [0.5, 0.6) is 0 Å². The van der Waals surface area contributed by atoms with Gasteiger partial charge in [-0.3, -0.25) is 9.59 Å². The number of hydrogen-bond donors (Lipinski definition) is 0. The molecular formula is C38H65NO7. The largest absolute Gasteiger partial charge is 0.544 e. The highest BCUT2D eigenvalue weighted by Crippen LogP contribution is 2.11. The minimum Gasteiger partial charge on any atom is -0.544 e. The molecule has 0 aromatic heterocycles. The molecule has 0 spiro atoms. The fraction of sp³-hybridized carbons (Fsp3) is 0.711. The van der Waals surface area contributed by atoms with Crippen molar-refractivity contribution >= 4 is 17.9 Å². The molecule has 0 aromatic carbocycles. The lowest BCUT2D eigenvalue weighted by Crippen LogP contribution is -2.55. The molecule has 8 nitrogen and oxygen atoms in total. The zero-order valence-electron chi connectivity index (χ0n) is 29.7. The van der Waals surface area contributed by atoms with Gasteiger partial charge in [-0.15, -0.1) is 0 Å². The van der Waals surface area contributed by atoms with E-state index in [9.17, 15) is 19.5 Å². The fourth-order valence-corrected chi connectivity index (χ4v) is 4.71. The summed E-state index contributed by atoms with van der Waals surface area (Å²) in [7, 11) is 5.35. The number of esters is 2. The zero-order valence-corrected chi connectivity index (χ0v) is 29.7. The number of carboxylic acid groups (broad SMARTS) is 1. The van der Waals surface area contributed by atoms with Crippen LogP contribution in [0.25, 0.3) is 0 Å². The Kier molecular flexibility index (Phi) is 27.9. The summed E-state index contributed by atoms with van der Waals surface area (Å²) in [6, 6.07) is -0.737. The van der Waals surface area contributed by atoms with Crippen LogP contribution in [0.2, 0.25) is 0 Å². The van der Waals surface area contributed by atoms with Gasteiger partial charge in [0.2, 0.25) is 0 Å². The molecule has 0 aliphatic rings. The smallest absolute Gasteiger partial charge is 0.309 e. The Balaban J connectivity index is 4.58. The number of carbonyl (C=O) groups is 3. The standard InChI is InChI=1S/C38H65NO7/c1-6-8-10-12-14-16-17-18-19-21-23-25-27-29-37(41)46-34(32-44-31-30-35(38(42)43)39(3,4)5)33-45-36(40)28-26-24-22-20-15-13-11-9-7-2/h9,11,15,18-20,24,26,34-35H,6-8,10,12-14,16-17,21-23,25,27-33H2,1-5H3/b11-9+,19-18+,20-15+,26-24+. The Morgan fingerprint density at radius 1 is 0.696 bits per heavy atom. The second-order valence-electron chi connectivity index (χ2n) is 12.7. The van der Waals surface area contributed by atoms with E-state index >= 15 is 0 Å². The average molecular weight is 648 g/mol. The van der Waals surface area contributed by atoms with E-state index in [-0.39, 0.29) is 49.5 Å². The lowest BCUT2D eigenvalue weighted by Gasteiger charge is -2.34. The third kappa shape index (κ3) is 27.6. The lowest BCUT2D eigenvalue weighted by molar-refractivity contribution is -0.889. The molecule has 0 radical (unpaired) electrons. The number of hydrogen-bond acceptors (Lipinski definition) is 7. The molecule has 2 unspecified atom stereocenters. The minimum absolute atomic E-state index is 0.00639. The van der Waals surface area contributed by atoms with E-state index in [1.165, 1.54) is 38.5 Å². The van der Waals surface area contributed by atoms with Gasteiger partial charge < -0.3 is 28.6 Å². The number of nitrogens with zero attached hydrogens (tertiary/aromatic N) is 1. The molecule has 46 heavy (non-hydrogen) atoms. The molecule has 0 N–H and O–H groups in total. The highest BCUT2D eigenvalue weighted by Gasteiger charge is 2.25. The quantitative estimate of drug-likeness (QED) is 0.0352. The van der Waals surface area contributed by atoms with Crippen molar-refractivity contribution in [3.63, 3.8) is 0 Å². The molecule has 0 saturated heterocycles. The molecule has 0 aliphatic heterocycles. The van der Waals surface area contributed by atoms with E-state index in [4.69, 9.17) is 14.2 Å². The topological polar surface area (TPSA) is 102 Å². The van der Waals surface area contributed by atoms with Crippen LogP contribution in [0, 0.1) is 0 Å². The first-order chi connectivity index (χ1) is 22.1. The van der Waals surface area contributed by atoms with Crippen LogP contribution in [0.15, 0.2) is 48.6 Å². The van der Waals surface area contributed by atoms with Crippen molar-refractivity contribution in [3.8, 4) is 0 Å². The molecule has 264 valence electrons. The average Bonchev–Trinajstić information content (AvgIpc) is 3.00. The van der Waals surface area contributed by atoms with Crippen molar-refractivity contribution in [3.05, 3.63) is 48.6 Å². The van der Waals surface area contributed by atoms with Crippen LogP contribution < -0.4 is 5.11 Å². The Labute approximate surface area is 280 Å². The number of carbonyl (C=O) groups excluding carboxylic acids is 3. The first-order valence-electron chi connectivity index (χ1n) is 17.7. The number of quaternary nitrogens is 1. The van der Waals surface area contributed by atoms with Gasteiger partial charge in [0.05, 0.1) is 46.7 Å². The van der Waals surface area contributed by atoms with E-state index in [1.807, 2.05) is 12.2 Å². The van der Waals surface area contributed by atoms with Gasteiger partial charge >= 0.3 is 11.9 Å². The van der Waals surface area contributed by atoms with Crippen molar-refractivity contribution in [2.75, 3.05) is 41.0 Å². The summed E-state index contributed by atoms with van der Waals surface area (Å²) in [6.45, 7) is 4.37. The summed E-state index contributed by atoms with van der Waals surface area (Å²) in [5.41, 5.74) is 0. The Bertz CT molecular complexity index is 901. The predicted octanol–water partition coefficient (Wildman–Crippen LogP) is 7.18. The van der Waals surface area contributed by atoms with Crippen LogP contribution in [0.4, 0.5) is 0 Å². The van der Waals surface area contributed by atoms with Crippen LogP contribution in [0.1, 0.15) is 123 Å². The minimum atomic E-state index is -1.14. The van der Waals surface area contributed by atoms with Crippen molar-refractivity contribution < 1.29 is 38.2 Å². The highest BCUT2D eigenvalue weighted by atomic mass is 16.6. The molecule has 0 fully saturated rings. The van der Waals surface area contributed by atoms with Gasteiger partial charge in [-0.2, -0.15) is 0 Å². The predicted molar refractivity (Wildman–Crippen MR) is 185 cm³/mol. The van der Waals surface area contributed by atoms with Crippen molar-refractivity contribution in [2.24, 2.45) is 0 Å². The number of likely N-dealkylation sites (N-methyl/N-ethyl adjacent to an activating group) is 1. The number of unbranched alkanes of at least 4 members (excludes halogenated alkanes) is 9. The number of ether oxygens (including phenoxy) is 3. The summed E-state index contributed by atoms with van der Waals surface area (Å²) in [4.78, 5) is 36.4. The fourth-order valence-electron chi connectivity index (χ4n) is 4.71. The maximum absolute atomic E-state index is 12.6. The van der Waals surface area contributed by atoms with Gasteiger partial charge in [0.1, 0.15) is 12.6 Å². The first kappa shape index (κ1) is 43.3. The van der Waals surface area contributed by atoms with Gasteiger partial charge in [-0.1, -0.05) is 101 Å². The third-order valence-electron chi connectivity index (χ3n) is 7.48. The molecule has 2 atom stereocenters. The summed E-state index contributed by atoms with van der Waals surface area (Å²) in [5, 5.41) is 11.5. The Morgan fingerprint density at radius 3 is 1.89 bits per heavy atom. The molecule has 0 amide bonds. The Morgan fingerprint density at radius 2 is 1.28 bits per heavy atom. The van der Waals surface area contributed by atoms with Crippen molar-refractivity contribution in [1.29, 1.82) is 0 Å². The third-order valence-corrected chi connectivity index (χ3v) is 7.48. The molecule has 0 heterocycles.